The number of nitrogens with zero attached hydrogens (tertiary/aromatic N) is 1. The van der Waals surface area contributed by atoms with Crippen molar-refractivity contribution >= 4 is 5.91 Å². The van der Waals surface area contributed by atoms with Gasteiger partial charge < -0.3 is 10.6 Å². The van der Waals surface area contributed by atoms with E-state index in [1.807, 2.05) is 45.9 Å². The fourth-order valence-corrected chi connectivity index (χ4v) is 1.73. The van der Waals surface area contributed by atoms with Crippen LogP contribution in [0, 0.1) is 13.8 Å². The van der Waals surface area contributed by atoms with Crippen LogP contribution in [0.15, 0.2) is 18.2 Å². The van der Waals surface area contributed by atoms with Gasteiger partial charge in [-0.25, -0.2) is 0 Å². The van der Waals surface area contributed by atoms with Gasteiger partial charge in [0.25, 0.3) is 5.91 Å². The minimum absolute atomic E-state index is 0.0380. The zero-order valence-electron chi connectivity index (χ0n) is 11.4. The fourth-order valence-electron chi connectivity index (χ4n) is 1.73. The van der Waals surface area contributed by atoms with Gasteiger partial charge in [-0.2, -0.15) is 0 Å². The molecule has 0 aliphatic carbocycles. The molecule has 0 aliphatic heterocycles. The Hall–Kier alpha value is -1.35. The number of likely N-dealkylation sites (N-methyl/N-ethyl adjacent to an activating group) is 1. The quantitative estimate of drug-likeness (QED) is 0.870. The summed E-state index contributed by atoms with van der Waals surface area (Å²) in [5, 5.41) is 0. The number of aryl methyl sites for hydroxylation is 2. The van der Waals surface area contributed by atoms with Gasteiger partial charge in [0.15, 0.2) is 0 Å². The number of amides is 1. The molecule has 1 aromatic carbocycles. The molecule has 0 radical (unpaired) electrons. The van der Waals surface area contributed by atoms with Gasteiger partial charge in [-0.3, -0.25) is 4.79 Å². The van der Waals surface area contributed by atoms with Crippen molar-refractivity contribution in [1.82, 2.24) is 4.90 Å². The molecule has 17 heavy (non-hydrogen) atoms. The van der Waals surface area contributed by atoms with Crippen molar-refractivity contribution in [3.8, 4) is 0 Å². The van der Waals surface area contributed by atoms with E-state index in [4.69, 9.17) is 5.73 Å². The number of hydrogen-bond donors (Lipinski definition) is 1. The largest absolute Gasteiger partial charge is 0.335 e. The lowest BCUT2D eigenvalue weighted by molar-refractivity contribution is 0.0638. The van der Waals surface area contributed by atoms with Crippen molar-refractivity contribution < 1.29 is 4.79 Å². The number of nitrogens with two attached hydrogens (primary N) is 1. The summed E-state index contributed by atoms with van der Waals surface area (Å²) < 4.78 is 0. The molecule has 0 saturated carbocycles. The lowest BCUT2D eigenvalue weighted by atomic mass is 9.98. The molecule has 3 heteroatoms. The molecule has 1 aromatic rings. The van der Waals surface area contributed by atoms with Crippen LogP contribution in [0.5, 0.6) is 0 Å². The van der Waals surface area contributed by atoms with Gasteiger partial charge in [0, 0.05) is 24.7 Å². The Labute approximate surface area is 104 Å². The molecule has 1 amide bonds. The van der Waals surface area contributed by atoms with Gasteiger partial charge in [0.1, 0.15) is 0 Å². The Morgan fingerprint density at radius 3 is 2.18 bits per heavy atom. The zero-order valence-corrected chi connectivity index (χ0v) is 11.4. The first kappa shape index (κ1) is 13.7. The molecule has 0 fully saturated rings. The summed E-state index contributed by atoms with van der Waals surface area (Å²) >= 11 is 0. The molecule has 0 aliphatic rings. The van der Waals surface area contributed by atoms with Crippen LogP contribution in [0.25, 0.3) is 0 Å². The predicted molar refractivity (Wildman–Crippen MR) is 71.1 cm³/mol. The van der Waals surface area contributed by atoms with Crippen molar-refractivity contribution in [1.29, 1.82) is 0 Å². The third-order valence-electron chi connectivity index (χ3n) is 3.41. The second-order valence-corrected chi connectivity index (χ2v) is 5.15. The summed E-state index contributed by atoms with van der Waals surface area (Å²) in [6.07, 6.45) is 0. The highest BCUT2D eigenvalue weighted by Gasteiger charge is 2.28. The van der Waals surface area contributed by atoms with Crippen molar-refractivity contribution in [2.45, 2.75) is 33.2 Å². The molecule has 94 valence electrons. The molecule has 0 aromatic heterocycles. The second-order valence-electron chi connectivity index (χ2n) is 5.15. The molecule has 0 atom stereocenters. The fraction of sp³-hybridized carbons (Fsp3) is 0.500. The van der Waals surface area contributed by atoms with Crippen LogP contribution in [0.3, 0.4) is 0 Å². The molecule has 3 nitrogen and oxygen atoms in total. The molecule has 1 rings (SSSR count). The Morgan fingerprint density at radius 1 is 1.29 bits per heavy atom. The Bertz CT molecular complexity index is 404. The topological polar surface area (TPSA) is 46.3 Å². The average molecular weight is 234 g/mol. The van der Waals surface area contributed by atoms with Crippen molar-refractivity contribution in [2.24, 2.45) is 5.73 Å². The normalized spacial score (nSPS) is 11.4. The summed E-state index contributed by atoms with van der Waals surface area (Å²) in [6, 6.07) is 5.89. The van der Waals surface area contributed by atoms with Gasteiger partial charge in [0.05, 0.1) is 0 Å². The molecule has 2 N–H and O–H groups in total. The lowest BCUT2D eigenvalue weighted by Gasteiger charge is -2.35. The SMILES string of the molecule is Cc1cccc(C)c1C(=O)N(C)C(C)(C)CN. The second kappa shape index (κ2) is 4.88. The molecule has 0 heterocycles. The lowest BCUT2D eigenvalue weighted by Crippen LogP contribution is -2.50. The third kappa shape index (κ3) is 2.67. The van der Waals surface area contributed by atoms with Gasteiger partial charge in [-0.05, 0) is 38.8 Å². The van der Waals surface area contributed by atoms with Crippen molar-refractivity contribution in [3.05, 3.63) is 34.9 Å². The van der Waals surface area contributed by atoms with E-state index in [-0.39, 0.29) is 11.4 Å². The summed E-state index contributed by atoms with van der Waals surface area (Å²) in [5.74, 6) is 0.0380. The number of carbonyl (C=O) groups is 1. The molecular weight excluding hydrogens is 212 g/mol. The van der Waals surface area contributed by atoms with Gasteiger partial charge in [-0.15, -0.1) is 0 Å². The van der Waals surface area contributed by atoms with Gasteiger partial charge in [0.2, 0.25) is 0 Å². The van der Waals surface area contributed by atoms with Crippen LogP contribution in [-0.2, 0) is 0 Å². The standard InChI is InChI=1S/C14H22N2O/c1-10-7-6-8-11(2)12(10)13(17)16(5)14(3,4)9-15/h6-8H,9,15H2,1-5H3. The minimum Gasteiger partial charge on any atom is -0.335 e. The van der Waals surface area contributed by atoms with Crippen LogP contribution >= 0.6 is 0 Å². The third-order valence-corrected chi connectivity index (χ3v) is 3.41. The number of rotatable bonds is 3. The highest BCUT2D eigenvalue weighted by molar-refractivity contribution is 5.97. The van der Waals surface area contributed by atoms with E-state index >= 15 is 0 Å². The summed E-state index contributed by atoms with van der Waals surface area (Å²) in [6.45, 7) is 8.31. The first-order valence-electron chi connectivity index (χ1n) is 5.85. The molecule has 0 unspecified atom stereocenters. The van der Waals surface area contributed by atoms with Crippen LogP contribution in [0.4, 0.5) is 0 Å². The molecule has 0 saturated heterocycles. The Kier molecular flexibility index (Phi) is 3.94. The van der Waals surface area contributed by atoms with Gasteiger partial charge in [-0.1, -0.05) is 18.2 Å². The molecule has 0 bridgehead atoms. The van der Waals surface area contributed by atoms with Crippen LogP contribution in [0.1, 0.15) is 35.3 Å². The first-order valence-corrected chi connectivity index (χ1v) is 5.85. The number of benzene rings is 1. The van der Waals surface area contributed by atoms with Crippen LogP contribution < -0.4 is 5.73 Å². The monoisotopic (exact) mass is 234 g/mol. The molecule has 0 spiro atoms. The van der Waals surface area contributed by atoms with Crippen molar-refractivity contribution in [3.63, 3.8) is 0 Å². The van der Waals surface area contributed by atoms with E-state index < -0.39 is 0 Å². The maximum atomic E-state index is 12.5. The van der Waals surface area contributed by atoms with E-state index in [0.717, 1.165) is 16.7 Å². The molecular formula is C14H22N2O. The van der Waals surface area contributed by atoms with E-state index in [1.165, 1.54) is 0 Å². The first-order chi connectivity index (χ1) is 7.81. The summed E-state index contributed by atoms with van der Waals surface area (Å²) in [4.78, 5) is 14.2. The minimum atomic E-state index is -0.328. The van der Waals surface area contributed by atoms with Crippen molar-refractivity contribution in [2.75, 3.05) is 13.6 Å². The highest BCUT2D eigenvalue weighted by atomic mass is 16.2. The summed E-state index contributed by atoms with van der Waals surface area (Å²) in [5.41, 5.74) is 8.18. The van der Waals surface area contributed by atoms with E-state index in [9.17, 15) is 4.79 Å². The van der Waals surface area contributed by atoms with Crippen LogP contribution in [-0.4, -0.2) is 29.9 Å². The zero-order chi connectivity index (χ0) is 13.2. The highest BCUT2D eigenvalue weighted by Crippen LogP contribution is 2.19. The Morgan fingerprint density at radius 2 is 1.76 bits per heavy atom. The summed E-state index contributed by atoms with van der Waals surface area (Å²) in [7, 11) is 1.81. The maximum Gasteiger partial charge on any atom is 0.254 e. The average Bonchev–Trinajstić information content (AvgIpc) is 2.27. The van der Waals surface area contributed by atoms with E-state index in [2.05, 4.69) is 0 Å². The maximum absolute atomic E-state index is 12.5. The number of carbonyl (C=O) groups excluding carboxylic acids is 1. The smallest absolute Gasteiger partial charge is 0.254 e. The van der Waals surface area contributed by atoms with Gasteiger partial charge >= 0.3 is 0 Å². The number of hydrogen-bond acceptors (Lipinski definition) is 2. The van der Waals surface area contributed by atoms with E-state index in [0.29, 0.717) is 6.54 Å². The van der Waals surface area contributed by atoms with Crippen LogP contribution in [0.2, 0.25) is 0 Å². The van der Waals surface area contributed by atoms with E-state index in [1.54, 1.807) is 11.9 Å². The Balaban J connectivity index is 3.14. The predicted octanol–water partition coefficient (Wildman–Crippen LogP) is 2.11.